The fourth-order valence-corrected chi connectivity index (χ4v) is 3.58. The molecule has 0 aliphatic carbocycles. The number of nitrogens with one attached hydrogen (secondary N) is 1. The number of rotatable bonds is 4. The van der Waals surface area contributed by atoms with E-state index in [1.807, 2.05) is 10.8 Å². The highest BCUT2D eigenvalue weighted by Crippen LogP contribution is 2.18. The van der Waals surface area contributed by atoms with E-state index in [4.69, 9.17) is 5.26 Å². The van der Waals surface area contributed by atoms with Crippen molar-refractivity contribution in [1.82, 2.24) is 19.1 Å². The number of nitrogens with zero attached hydrogens (tertiary/aromatic N) is 4. The molecule has 2 heterocycles. The number of benzene rings is 1. The summed E-state index contributed by atoms with van der Waals surface area (Å²) in [7, 11) is -2.35. The van der Waals surface area contributed by atoms with Gasteiger partial charge in [0.15, 0.2) is 5.82 Å². The molecular weight excluding hydrogens is 382 g/mol. The lowest BCUT2D eigenvalue weighted by molar-refractivity contribution is -0.117. The van der Waals surface area contributed by atoms with E-state index in [-0.39, 0.29) is 16.3 Å². The predicted octanol–water partition coefficient (Wildman–Crippen LogP) is 0.934. The minimum Gasteiger partial charge on any atom is -0.286 e. The number of sulfonamides is 1. The van der Waals surface area contributed by atoms with E-state index in [2.05, 4.69) is 4.98 Å². The quantitative estimate of drug-likeness (QED) is 0.698. The van der Waals surface area contributed by atoms with Crippen LogP contribution in [0.15, 0.2) is 58.5 Å². The van der Waals surface area contributed by atoms with Gasteiger partial charge in [0, 0.05) is 26.4 Å². The standard InChI is InChI=1S/C18H15N5O4S/c1-12(24)21-28(26,27)15-7-8-17(20-10-15)23-18(25)16(11-22(23)2)14-5-3-13(9-19)4-6-14/h3-8,10-11H,1-2H3,(H,21,24). The summed E-state index contributed by atoms with van der Waals surface area (Å²) in [4.78, 5) is 27.7. The highest BCUT2D eigenvalue weighted by Gasteiger charge is 2.18. The number of aryl methyl sites for hydroxylation is 1. The first-order valence-corrected chi connectivity index (χ1v) is 9.50. The third-order valence-electron chi connectivity index (χ3n) is 3.91. The maximum absolute atomic E-state index is 12.8. The van der Waals surface area contributed by atoms with Crippen molar-refractivity contribution in [3.8, 4) is 23.0 Å². The number of hydrogen-bond donors (Lipinski definition) is 1. The molecule has 10 heteroatoms. The molecule has 0 atom stereocenters. The number of carbonyl (C=O) groups excluding carboxylic acids is 1. The molecule has 2 aromatic heterocycles. The van der Waals surface area contributed by atoms with E-state index in [0.29, 0.717) is 16.7 Å². The van der Waals surface area contributed by atoms with Crippen LogP contribution in [0.4, 0.5) is 0 Å². The van der Waals surface area contributed by atoms with Gasteiger partial charge < -0.3 is 0 Å². The van der Waals surface area contributed by atoms with E-state index in [1.54, 1.807) is 37.5 Å². The third-order valence-corrected chi connectivity index (χ3v) is 5.32. The van der Waals surface area contributed by atoms with Gasteiger partial charge >= 0.3 is 0 Å². The van der Waals surface area contributed by atoms with E-state index >= 15 is 0 Å². The van der Waals surface area contributed by atoms with Crippen LogP contribution < -0.4 is 10.3 Å². The van der Waals surface area contributed by atoms with Crippen molar-refractivity contribution in [2.75, 3.05) is 0 Å². The number of pyridine rings is 1. The molecule has 3 aromatic rings. The largest absolute Gasteiger partial charge is 0.286 e. The zero-order valence-electron chi connectivity index (χ0n) is 14.9. The number of nitriles is 1. The average Bonchev–Trinajstić information content (AvgIpc) is 2.95. The van der Waals surface area contributed by atoms with Crippen LogP contribution in [0, 0.1) is 11.3 Å². The Hall–Kier alpha value is -3.71. The van der Waals surface area contributed by atoms with Crippen LogP contribution in [-0.2, 0) is 21.9 Å². The summed E-state index contributed by atoms with van der Waals surface area (Å²) in [5, 5.41) is 8.88. The lowest BCUT2D eigenvalue weighted by Crippen LogP contribution is -2.28. The number of amides is 1. The topological polar surface area (TPSA) is 127 Å². The Kier molecular flexibility index (Phi) is 4.85. The van der Waals surface area contributed by atoms with E-state index in [9.17, 15) is 18.0 Å². The average molecular weight is 397 g/mol. The molecule has 0 aliphatic heterocycles. The minimum atomic E-state index is -4.01. The van der Waals surface area contributed by atoms with Gasteiger partial charge in [0.2, 0.25) is 5.91 Å². The summed E-state index contributed by atoms with van der Waals surface area (Å²) in [6.45, 7) is 1.09. The maximum atomic E-state index is 12.8. The third kappa shape index (κ3) is 3.56. The van der Waals surface area contributed by atoms with Crippen LogP contribution in [0.25, 0.3) is 16.9 Å². The fraction of sp³-hybridized carbons (Fsp3) is 0.111. The summed E-state index contributed by atoms with van der Waals surface area (Å²) in [5.41, 5.74) is 1.18. The molecule has 1 aromatic carbocycles. The van der Waals surface area contributed by atoms with Gasteiger partial charge in [-0.1, -0.05) is 12.1 Å². The number of hydrogen-bond acceptors (Lipinski definition) is 6. The molecule has 28 heavy (non-hydrogen) atoms. The molecule has 0 saturated heterocycles. The lowest BCUT2D eigenvalue weighted by Gasteiger charge is -2.07. The van der Waals surface area contributed by atoms with Crippen molar-refractivity contribution in [3.63, 3.8) is 0 Å². The molecule has 0 unspecified atom stereocenters. The van der Waals surface area contributed by atoms with Gasteiger partial charge in [0.05, 0.1) is 17.2 Å². The van der Waals surface area contributed by atoms with Gasteiger partial charge in [-0.25, -0.2) is 18.1 Å². The molecule has 9 nitrogen and oxygen atoms in total. The summed E-state index contributed by atoms with van der Waals surface area (Å²) in [5.74, 6) is -0.496. The zero-order chi connectivity index (χ0) is 20.5. The van der Waals surface area contributed by atoms with Crippen LogP contribution in [-0.4, -0.2) is 28.7 Å². The van der Waals surface area contributed by atoms with Crippen molar-refractivity contribution in [2.45, 2.75) is 11.8 Å². The molecule has 142 valence electrons. The van der Waals surface area contributed by atoms with E-state index in [0.717, 1.165) is 13.1 Å². The Morgan fingerprint density at radius 1 is 1.18 bits per heavy atom. The molecule has 0 spiro atoms. The number of carbonyl (C=O) groups is 1. The van der Waals surface area contributed by atoms with Crippen molar-refractivity contribution in [1.29, 1.82) is 5.26 Å². The minimum absolute atomic E-state index is 0.193. The Balaban J connectivity index is 2.01. The monoisotopic (exact) mass is 397 g/mol. The highest BCUT2D eigenvalue weighted by molar-refractivity contribution is 7.90. The lowest BCUT2D eigenvalue weighted by atomic mass is 10.1. The van der Waals surface area contributed by atoms with Gasteiger partial charge in [-0.3, -0.25) is 14.3 Å². The maximum Gasteiger partial charge on any atom is 0.280 e. The second-order valence-electron chi connectivity index (χ2n) is 5.94. The molecular formula is C18H15N5O4S. The first-order chi connectivity index (χ1) is 13.2. The summed E-state index contributed by atoms with van der Waals surface area (Å²) >= 11 is 0. The normalized spacial score (nSPS) is 11.0. The highest BCUT2D eigenvalue weighted by atomic mass is 32.2. The van der Waals surface area contributed by atoms with Crippen LogP contribution in [0.2, 0.25) is 0 Å². The first-order valence-electron chi connectivity index (χ1n) is 8.02. The smallest absolute Gasteiger partial charge is 0.280 e. The Bertz CT molecular complexity index is 1250. The second-order valence-corrected chi connectivity index (χ2v) is 7.62. The van der Waals surface area contributed by atoms with Gasteiger partial charge in [-0.15, -0.1) is 0 Å². The van der Waals surface area contributed by atoms with Crippen LogP contribution in [0.1, 0.15) is 12.5 Å². The SMILES string of the molecule is CC(=O)NS(=O)(=O)c1ccc(-n2c(=O)c(-c3ccc(C#N)cc3)cn2C)nc1. The molecule has 1 N–H and O–H groups in total. The molecule has 1 amide bonds. The Morgan fingerprint density at radius 3 is 2.39 bits per heavy atom. The van der Waals surface area contributed by atoms with Gasteiger partial charge in [-0.05, 0) is 29.8 Å². The predicted molar refractivity (Wildman–Crippen MR) is 100.0 cm³/mol. The Morgan fingerprint density at radius 2 is 1.86 bits per heavy atom. The molecule has 0 saturated carbocycles. The van der Waals surface area contributed by atoms with Crippen molar-refractivity contribution in [3.05, 3.63) is 64.7 Å². The van der Waals surface area contributed by atoms with E-state index < -0.39 is 15.9 Å². The summed E-state index contributed by atoms with van der Waals surface area (Å²) in [6.07, 6.45) is 2.69. The van der Waals surface area contributed by atoms with Gasteiger partial charge in [-0.2, -0.15) is 9.94 Å². The van der Waals surface area contributed by atoms with E-state index in [1.165, 1.54) is 21.5 Å². The van der Waals surface area contributed by atoms with Crippen LogP contribution in [0.5, 0.6) is 0 Å². The van der Waals surface area contributed by atoms with Gasteiger partial charge in [0.25, 0.3) is 15.6 Å². The Labute approximate surface area is 160 Å². The fourth-order valence-electron chi connectivity index (χ4n) is 2.65. The van der Waals surface area contributed by atoms with Crippen molar-refractivity contribution >= 4 is 15.9 Å². The number of aromatic nitrogens is 3. The van der Waals surface area contributed by atoms with Crippen LogP contribution >= 0.6 is 0 Å². The zero-order valence-corrected chi connectivity index (χ0v) is 15.8. The molecule has 0 radical (unpaired) electrons. The van der Waals surface area contributed by atoms with Crippen LogP contribution in [0.3, 0.4) is 0 Å². The molecule has 0 fully saturated rings. The second kappa shape index (κ2) is 7.13. The molecule has 3 rings (SSSR count). The van der Waals surface area contributed by atoms with Gasteiger partial charge in [0.1, 0.15) is 4.90 Å². The summed E-state index contributed by atoms with van der Waals surface area (Å²) in [6, 6.07) is 11.2. The molecule has 0 bridgehead atoms. The van der Waals surface area contributed by atoms with Crippen molar-refractivity contribution in [2.24, 2.45) is 7.05 Å². The first kappa shape index (κ1) is 19.1. The van der Waals surface area contributed by atoms with Crippen molar-refractivity contribution < 1.29 is 13.2 Å². The molecule has 0 aliphatic rings. The summed E-state index contributed by atoms with van der Waals surface area (Å²) < 4.78 is 28.7.